The summed E-state index contributed by atoms with van der Waals surface area (Å²) in [6.07, 6.45) is 6.29. The van der Waals surface area contributed by atoms with Crippen LogP contribution in [0.2, 0.25) is 0 Å². The van der Waals surface area contributed by atoms with E-state index in [0.717, 1.165) is 0 Å². The van der Waals surface area contributed by atoms with Crippen LogP contribution in [0.25, 0.3) is 0 Å². The van der Waals surface area contributed by atoms with E-state index in [1.54, 1.807) is 17.1 Å². The van der Waals surface area contributed by atoms with E-state index in [1.165, 1.54) is 6.92 Å². The van der Waals surface area contributed by atoms with E-state index in [-0.39, 0.29) is 24.7 Å². The first-order valence-electron chi connectivity index (χ1n) is 6.15. The zero-order valence-electron chi connectivity index (χ0n) is 10.9. The lowest BCUT2D eigenvalue weighted by Gasteiger charge is -2.31. The molecule has 0 amide bonds. The number of rotatable bonds is 5. The molecule has 7 heteroatoms. The van der Waals surface area contributed by atoms with Crippen LogP contribution in [-0.4, -0.2) is 46.6 Å². The Morgan fingerprint density at radius 2 is 2.32 bits per heavy atom. The van der Waals surface area contributed by atoms with Gasteiger partial charge in [0.15, 0.2) is 6.29 Å². The standard InChI is InChI=1S/C12H17N3O4/c1-3-17-12-5-4-10(15-7-6-13-14-15)11(19-12)8-18-9(2)16/h4-7,10-12H,3,8H2,1-2H3/t10-,11+,12-/m0/s1. The highest BCUT2D eigenvalue weighted by molar-refractivity contribution is 5.65. The minimum Gasteiger partial charge on any atom is -0.463 e. The lowest BCUT2D eigenvalue weighted by atomic mass is 10.1. The van der Waals surface area contributed by atoms with Crippen LogP contribution in [0.4, 0.5) is 0 Å². The molecule has 0 saturated carbocycles. The van der Waals surface area contributed by atoms with E-state index in [1.807, 2.05) is 19.1 Å². The minimum atomic E-state index is -0.426. The Morgan fingerprint density at radius 3 is 2.95 bits per heavy atom. The van der Waals surface area contributed by atoms with Gasteiger partial charge in [-0.05, 0) is 13.0 Å². The molecule has 0 aliphatic carbocycles. The number of carbonyl (C=O) groups excluding carboxylic acids is 1. The number of esters is 1. The van der Waals surface area contributed by atoms with Crippen LogP contribution in [0.1, 0.15) is 19.9 Å². The second-order valence-corrected chi connectivity index (χ2v) is 4.06. The van der Waals surface area contributed by atoms with Gasteiger partial charge in [-0.2, -0.15) is 0 Å². The second-order valence-electron chi connectivity index (χ2n) is 4.06. The van der Waals surface area contributed by atoms with Gasteiger partial charge in [0.25, 0.3) is 0 Å². The maximum Gasteiger partial charge on any atom is 0.302 e. The Bertz CT molecular complexity index is 432. The highest BCUT2D eigenvalue weighted by Gasteiger charge is 2.30. The molecule has 2 heterocycles. The fourth-order valence-electron chi connectivity index (χ4n) is 1.86. The molecule has 1 aromatic rings. The van der Waals surface area contributed by atoms with Gasteiger partial charge in [0, 0.05) is 19.7 Å². The molecule has 0 unspecified atom stereocenters. The van der Waals surface area contributed by atoms with Crippen LogP contribution in [0, 0.1) is 0 Å². The molecule has 2 rings (SSSR count). The van der Waals surface area contributed by atoms with E-state index >= 15 is 0 Å². The van der Waals surface area contributed by atoms with Crippen LogP contribution in [0.15, 0.2) is 24.5 Å². The van der Waals surface area contributed by atoms with Gasteiger partial charge in [-0.3, -0.25) is 4.79 Å². The van der Waals surface area contributed by atoms with Crippen molar-refractivity contribution in [2.75, 3.05) is 13.2 Å². The van der Waals surface area contributed by atoms with Gasteiger partial charge in [-0.1, -0.05) is 11.3 Å². The highest BCUT2D eigenvalue weighted by atomic mass is 16.7. The van der Waals surface area contributed by atoms with E-state index in [0.29, 0.717) is 6.61 Å². The predicted molar refractivity (Wildman–Crippen MR) is 65.1 cm³/mol. The molecule has 0 saturated heterocycles. The van der Waals surface area contributed by atoms with Gasteiger partial charge in [-0.25, -0.2) is 4.68 Å². The molecule has 19 heavy (non-hydrogen) atoms. The Balaban J connectivity index is 2.09. The Morgan fingerprint density at radius 1 is 1.47 bits per heavy atom. The van der Waals surface area contributed by atoms with Crippen molar-refractivity contribution in [3.05, 3.63) is 24.5 Å². The summed E-state index contributed by atoms with van der Waals surface area (Å²) in [7, 11) is 0. The Kier molecular flexibility index (Phi) is 4.64. The van der Waals surface area contributed by atoms with Crippen molar-refractivity contribution in [3.63, 3.8) is 0 Å². The number of aromatic nitrogens is 3. The highest BCUT2D eigenvalue weighted by Crippen LogP contribution is 2.23. The van der Waals surface area contributed by atoms with E-state index < -0.39 is 6.29 Å². The van der Waals surface area contributed by atoms with Crippen molar-refractivity contribution < 1.29 is 19.0 Å². The quantitative estimate of drug-likeness (QED) is 0.577. The average Bonchev–Trinajstić information content (AvgIpc) is 2.90. The topological polar surface area (TPSA) is 75.5 Å². The van der Waals surface area contributed by atoms with E-state index in [2.05, 4.69) is 10.3 Å². The molecular weight excluding hydrogens is 250 g/mol. The lowest BCUT2D eigenvalue weighted by molar-refractivity contribution is -0.177. The average molecular weight is 267 g/mol. The molecule has 0 N–H and O–H groups in total. The maximum absolute atomic E-state index is 10.9. The van der Waals surface area contributed by atoms with Crippen molar-refractivity contribution in [1.29, 1.82) is 0 Å². The summed E-state index contributed by atoms with van der Waals surface area (Å²) in [4.78, 5) is 10.9. The molecule has 1 aliphatic heterocycles. The van der Waals surface area contributed by atoms with Gasteiger partial charge >= 0.3 is 5.97 Å². The van der Waals surface area contributed by atoms with E-state index in [9.17, 15) is 4.79 Å². The molecule has 0 bridgehead atoms. The fourth-order valence-corrected chi connectivity index (χ4v) is 1.86. The van der Waals surface area contributed by atoms with Crippen LogP contribution in [-0.2, 0) is 19.0 Å². The smallest absolute Gasteiger partial charge is 0.302 e. The molecule has 1 aliphatic rings. The predicted octanol–water partition coefficient (Wildman–Crippen LogP) is 0.700. The summed E-state index contributed by atoms with van der Waals surface area (Å²) in [6, 6.07) is -0.168. The fraction of sp³-hybridized carbons (Fsp3) is 0.583. The van der Waals surface area contributed by atoms with Gasteiger partial charge in [0.05, 0.1) is 6.20 Å². The second kappa shape index (κ2) is 6.44. The zero-order valence-corrected chi connectivity index (χ0v) is 10.9. The van der Waals surface area contributed by atoms with Gasteiger partial charge < -0.3 is 14.2 Å². The van der Waals surface area contributed by atoms with Crippen molar-refractivity contribution in [3.8, 4) is 0 Å². The molecule has 7 nitrogen and oxygen atoms in total. The molecule has 1 aromatic heterocycles. The molecule has 0 spiro atoms. The van der Waals surface area contributed by atoms with Gasteiger partial charge in [0.2, 0.25) is 0 Å². The van der Waals surface area contributed by atoms with Crippen molar-refractivity contribution in [2.45, 2.75) is 32.3 Å². The molecule has 0 fully saturated rings. The first-order chi connectivity index (χ1) is 9.20. The van der Waals surface area contributed by atoms with Crippen LogP contribution >= 0.6 is 0 Å². The number of nitrogens with zero attached hydrogens (tertiary/aromatic N) is 3. The van der Waals surface area contributed by atoms with Crippen molar-refractivity contribution >= 4 is 5.97 Å². The third-order valence-electron chi connectivity index (χ3n) is 2.68. The third kappa shape index (κ3) is 3.62. The van der Waals surface area contributed by atoms with Crippen molar-refractivity contribution in [2.24, 2.45) is 0 Å². The molecule has 0 radical (unpaired) electrons. The maximum atomic E-state index is 10.9. The Labute approximate surface area is 111 Å². The summed E-state index contributed by atoms with van der Waals surface area (Å²) < 4.78 is 17.8. The minimum absolute atomic E-state index is 0.147. The number of ether oxygens (including phenoxy) is 3. The van der Waals surface area contributed by atoms with Crippen LogP contribution in [0.5, 0.6) is 0 Å². The first kappa shape index (κ1) is 13.7. The SMILES string of the molecule is CCO[C@@H]1C=C[C@H](n2ccnn2)[C@@H](COC(C)=O)O1. The summed E-state index contributed by atoms with van der Waals surface area (Å²) in [5.74, 6) is -0.344. The van der Waals surface area contributed by atoms with Crippen molar-refractivity contribution in [1.82, 2.24) is 15.0 Å². The summed E-state index contributed by atoms with van der Waals surface area (Å²) >= 11 is 0. The zero-order chi connectivity index (χ0) is 13.7. The van der Waals surface area contributed by atoms with Crippen LogP contribution < -0.4 is 0 Å². The number of carbonyl (C=O) groups is 1. The molecule has 3 atom stereocenters. The third-order valence-corrected chi connectivity index (χ3v) is 2.68. The largest absolute Gasteiger partial charge is 0.463 e. The summed E-state index contributed by atoms with van der Waals surface area (Å²) in [5, 5.41) is 7.71. The molecular formula is C12H17N3O4. The summed E-state index contributed by atoms with van der Waals surface area (Å²) in [6.45, 7) is 3.95. The summed E-state index contributed by atoms with van der Waals surface area (Å²) in [5.41, 5.74) is 0. The normalized spacial score (nSPS) is 26.3. The van der Waals surface area contributed by atoms with Gasteiger partial charge in [0.1, 0.15) is 18.8 Å². The number of hydrogen-bond donors (Lipinski definition) is 0. The Hall–Kier alpha value is -1.73. The monoisotopic (exact) mass is 267 g/mol. The number of hydrogen-bond acceptors (Lipinski definition) is 6. The lowest BCUT2D eigenvalue weighted by Crippen LogP contribution is -2.38. The van der Waals surface area contributed by atoms with Gasteiger partial charge in [-0.15, -0.1) is 5.10 Å². The van der Waals surface area contributed by atoms with E-state index in [4.69, 9.17) is 14.2 Å². The molecule has 0 aromatic carbocycles. The van der Waals surface area contributed by atoms with Crippen LogP contribution in [0.3, 0.4) is 0 Å². The molecule has 104 valence electrons. The first-order valence-corrected chi connectivity index (χ1v) is 6.15.